The molecule has 0 saturated heterocycles. The van der Waals surface area contributed by atoms with E-state index in [2.05, 4.69) is 23.9 Å². The van der Waals surface area contributed by atoms with Crippen molar-refractivity contribution in [3.63, 3.8) is 0 Å². The minimum Gasteiger partial charge on any atom is -0.315 e. The van der Waals surface area contributed by atoms with Gasteiger partial charge in [0.2, 0.25) is 10.0 Å². The Kier molecular flexibility index (Phi) is 7.32. The molecule has 1 atom stereocenters. The molecule has 5 heteroatoms. The van der Waals surface area contributed by atoms with Crippen LogP contribution in [0.3, 0.4) is 0 Å². The van der Waals surface area contributed by atoms with Crippen molar-refractivity contribution >= 4 is 10.0 Å². The average molecular weight is 290 g/mol. The molecule has 114 valence electrons. The van der Waals surface area contributed by atoms with Crippen molar-refractivity contribution in [1.29, 1.82) is 0 Å². The standard InChI is InChI=1S/C14H30N2O2S/c1-4-9-15-10-13(3)19(17,18)16-11-14-7-5-12(2)6-8-14/h12-16H,4-11H2,1-3H3. The Bertz CT molecular complexity index is 335. The third-order valence-corrected chi connectivity index (χ3v) is 5.89. The molecule has 1 saturated carbocycles. The summed E-state index contributed by atoms with van der Waals surface area (Å²) in [6.45, 7) is 8.16. The largest absolute Gasteiger partial charge is 0.315 e. The van der Waals surface area contributed by atoms with Gasteiger partial charge in [0.1, 0.15) is 0 Å². The molecule has 1 aliphatic carbocycles. The molecule has 0 heterocycles. The van der Waals surface area contributed by atoms with E-state index in [0.29, 0.717) is 19.0 Å². The van der Waals surface area contributed by atoms with Crippen molar-refractivity contribution in [3.05, 3.63) is 0 Å². The topological polar surface area (TPSA) is 58.2 Å². The lowest BCUT2D eigenvalue weighted by atomic mass is 9.83. The Balaban J connectivity index is 2.29. The summed E-state index contributed by atoms with van der Waals surface area (Å²) < 4.78 is 27.0. The van der Waals surface area contributed by atoms with Gasteiger partial charge in [0.05, 0.1) is 5.25 Å². The van der Waals surface area contributed by atoms with Gasteiger partial charge in [-0.15, -0.1) is 0 Å². The molecule has 0 aromatic heterocycles. The quantitative estimate of drug-likeness (QED) is 0.673. The number of sulfonamides is 1. The highest BCUT2D eigenvalue weighted by atomic mass is 32.2. The first kappa shape index (κ1) is 16.9. The smallest absolute Gasteiger partial charge is 0.215 e. The van der Waals surface area contributed by atoms with Crippen LogP contribution in [-0.2, 0) is 10.0 Å². The highest BCUT2D eigenvalue weighted by Gasteiger charge is 2.23. The Morgan fingerprint density at radius 2 is 1.84 bits per heavy atom. The van der Waals surface area contributed by atoms with E-state index >= 15 is 0 Å². The van der Waals surface area contributed by atoms with E-state index in [4.69, 9.17) is 0 Å². The predicted octanol–water partition coefficient (Wildman–Crippen LogP) is 2.12. The van der Waals surface area contributed by atoms with Crippen molar-refractivity contribution < 1.29 is 8.42 Å². The predicted molar refractivity (Wildman–Crippen MR) is 80.7 cm³/mol. The summed E-state index contributed by atoms with van der Waals surface area (Å²) in [4.78, 5) is 0. The Labute approximate surface area is 118 Å². The zero-order valence-electron chi connectivity index (χ0n) is 12.6. The molecule has 1 fully saturated rings. The normalized spacial score (nSPS) is 26.3. The summed E-state index contributed by atoms with van der Waals surface area (Å²) in [5.74, 6) is 1.34. The second kappa shape index (κ2) is 8.22. The average Bonchev–Trinajstić information content (AvgIpc) is 2.38. The summed E-state index contributed by atoms with van der Waals surface area (Å²) in [5.41, 5.74) is 0. The second-order valence-corrected chi connectivity index (χ2v) is 8.22. The lowest BCUT2D eigenvalue weighted by Crippen LogP contribution is -2.41. The van der Waals surface area contributed by atoms with E-state index in [9.17, 15) is 8.42 Å². The van der Waals surface area contributed by atoms with Crippen molar-refractivity contribution in [3.8, 4) is 0 Å². The van der Waals surface area contributed by atoms with Gasteiger partial charge in [0.25, 0.3) is 0 Å². The molecule has 0 aromatic carbocycles. The van der Waals surface area contributed by atoms with Gasteiger partial charge in [-0.3, -0.25) is 0 Å². The fraction of sp³-hybridized carbons (Fsp3) is 1.00. The number of hydrogen-bond acceptors (Lipinski definition) is 3. The highest BCUT2D eigenvalue weighted by Crippen LogP contribution is 2.27. The lowest BCUT2D eigenvalue weighted by Gasteiger charge is -2.26. The van der Waals surface area contributed by atoms with Gasteiger partial charge in [0, 0.05) is 13.1 Å². The molecule has 1 rings (SSSR count). The van der Waals surface area contributed by atoms with Crippen LogP contribution in [-0.4, -0.2) is 33.3 Å². The van der Waals surface area contributed by atoms with Gasteiger partial charge in [-0.1, -0.05) is 26.7 Å². The highest BCUT2D eigenvalue weighted by molar-refractivity contribution is 7.90. The summed E-state index contributed by atoms with van der Waals surface area (Å²) in [6, 6.07) is 0. The first-order valence-electron chi connectivity index (χ1n) is 7.65. The van der Waals surface area contributed by atoms with E-state index in [-0.39, 0.29) is 5.25 Å². The number of hydrogen-bond donors (Lipinski definition) is 2. The minimum atomic E-state index is -3.17. The molecule has 0 spiro atoms. The molecule has 0 aromatic rings. The molecular weight excluding hydrogens is 260 g/mol. The van der Waals surface area contributed by atoms with Crippen LogP contribution in [0.15, 0.2) is 0 Å². The Morgan fingerprint density at radius 1 is 1.21 bits per heavy atom. The van der Waals surface area contributed by atoms with Gasteiger partial charge >= 0.3 is 0 Å². The molecule has 0 radical (unpaired) electrons. The van der Waals surface area contributed by atoms with Crippen LogP contribution in [0, 0.1) is 11.8 Å². The fourth-order valence-corrected chi connectivity index (χ4v) is 3.59. The van der Waals surface area contributed by atoms with E-state index in [1.807, 2.05) is 0 Å². The van der Waals surface area contributed by atoms with Gasteiger partial charge in [-0.25, -0.2) is 13.1 Å². The van der Waals surface area contributed by atoms with Crippen molar-refractivity contribution in [2.45, 2.75) is 58.1 Å². The Morgan fingerprint density at radius 3 is 2.42 bits per heavy atom. The van der Waals surface area contributed by atoms with Crippen molar-refractivity contribution in [1.82, 2.24) is 10.0 Å². The first-order chi connectivity index (χ1) is 8.95. The maximum atomic E-state index is 12.1. The van der Waals surface area contributed by atoms with Crippen LogP contribution in [0.5, 0.6) is 0 Å². The third-order valence-electron chi connectivity index (χ3n) is 4.10. The van der Waals surface area contributed by atoms with Crippen molar-refractivity contribution in [2.24, 2.45) is 11.8 Å². The van der Waals surface area contributed by atoms with E-state index in [1.165, 1.54) is 12.8 Å². The van der Waals surface area contributed by atoms with Crippen LogP contribution in [0.2, 0.25) is 0 Å². The van der Waals surface area contributed by atoms with E-state index in [0.717, 1.165) is 31.7 Å². The SMILES string of the molecule is CCCNCC(C)S(=O)(=O)NCC1CCC(C)CC1. The lowest BCUT2D eigenvalue weighted by molar-refractivity contribution is 0.290. The van der Waals surface area contributed by atoms with Crippen molar-refractivity contribution in [2.75, 3.05) is 19.6 Å². The molecule has 19 heavy (non-hydrogen) atoms. The maximum absolute atomic E-state index is 12.1. The molecule has 1 aliphatic rings. The van der Waals surface area contributed by atoms with E-state index < -0.39 is 10.0 Å². The van der Waals surface area contributed by atoms with E-state index in [1.54, 1.807) is 6.92 Å². The molecule has 2 N–H and O–H groups in total. The second-order valence-electron chi connectivity index (χ2n) is 6.03. The van der Waals surface area contributed by atoms with Crippen LogP contribution < -0.4 is 10.0 Å². The number of rotatable bonds is 8. The third kappa shape index (κ3) is 6.23. The molecular formula is C14H30N2O2S. The molecule has 0 amide bonds. The zero-order valence-corrected chi connectivity index (χ0v) is 13.4. The molecule has 0 aliphatic heterocycles. The maximum Gasteiger partial charge on any atom is 0.215 e. The van der Waals surface area contributed by atoms with Crippen LogP contribution >= 0.6 is 0 Å². The molecule has 0 bridgehead atoms. The first-order valence-corrected chi connectivity index (χ1v) is 9.19. The van der Waals surface area contributed by atoms with Gasteiger partial charge in [-0.2, -0.15) is 0 Å². The van der Waals surface area contributed by atoms with Gasteiger partial charge < -0.3 is 5.32 Å². The summed E-state index contributed by atoms with van der Waals surface area (Å²) in [7, 11) is -3.17. The Hall–Kier alpha value is -0.130. The van der Waals surface area contributed by atoms with Gasteiger partial charge in [0.15, 0.2) is 0 Å². The minimum absolute atomic E-state index is 0.360. The number of nitrogens with one attached hydrogen (secondary N) is 2. The van der Waals surface area contributed by atoms with Crippen LogP contribution in [0.4, 0.5) is 0 Å². The molecule has 1 unspecified atom stereocenters. The summed E-state index contributed by atoms with van der Waals surface area (Å²) >= 11 is 0. The van der Waals surface area contributed by atoms with Crippen LogP contribution in [0.25, 0.3) is 0 Å². The summed E-state index contributed by atoms with van der Waals surface area (Å²) in [6.07, 6.45) is 5.82. The summed E-state index contributed by atoms with van der Waals surface area (Å²) in [5, 5.41) is 2.81. The van der Waals surface area contributed by atoms with Crippen LogP contribution in [0.1, 0.15) is 52.9 Å². The molecule has 4 nitrogen and oxygen atoms in total. The van der Waals surface area contributed by atoms with Gasteiger partial charge in [-0.05, 0) is 44.6 Å². The zero-order chi connectivity index (χ0) is 14.3. The fourth-order valence-electron chi connectivity index (χ4n) is 2.50. The monoisotopic (exact) mass is 290 g/mol.